The molecule has 0 spiro atoms. The van der Waals surface area contributed by atoms with Crippen LogP contribution in [-0.4, -0.2) is 18.1 Å². The van der Waals surface area contributed by atoms with E-state index >= 15 is 0 Å². The van der Waals surface area contributed by atoms with Gasteiger partial charge < -0.3 is 4.74 Å². The molecular formula is C14H14ClNO2. The van der Waals surface area contributed by atoms with E-state index in [1.807, 2.05) is 36.4 Å². The second-order valence-corrected chi connectivity index (χ2v) is 3.71. The maximum atomic E-state index is 11.6. The van der Waals surface area contributed by atoms with E-state index in [9.17, 15) is 4.79 Å². The number of halogens is 1. The topological polar surface area (TPSA) is 39.2 Å². The molecule has 0 fully saturated rings. The number of pyridine rings is 1. The third kappa shape index (κ3) is 2.87. The van der Waals surface area contributed by atoms with Crippen molar-refractivity contribution in [2.45, 2.75) is 6.92 Å². The zero-order valence-electron chi connectivity index (χ0n) is 10.2. The van der Waals surface area contributed by atoms with Gasteiger partial charge >= 0.3 is 5.97 Å². The monoisotopic (exact) mass is 263 g/mol. The predicted molar refractivity (Wildman–Crippen MR) is 73.0 cm³/mol. The summed E-state index contributed by atoms with van der Waals surface area (Å²) < 4.78 is 4.73. The van der Waals surface area contributed by atoms with Crippen molar-refractivity contribution in [1.29, 1.82) is 0 Å². The van der Waals surface area contributed by atoms with Gasteiger partial charge in [0, 0.05) is 11.8 Å². The number of hydrogen-bond donors (Lipinski definition) is 0. The number of aromatic nitrogens is 1. The van der Waals surface area contributed by atoms with E-state index in [-0.39, 0.29) is 18.4 Å². The van der Waals surface area contributed by atoms with Crippen molar-refractivity contribution in [3.63, 3.8) is 0 Å². The van der Waals surface area contributed by atoms with Crippen LogP contribution in [-0.2, 0) is 4.74 Å². The van der Waals surface area contributed by atoms with Crippen LogP contribution in [0.3, 0.4) is 0 Å². The number of methoxy groups -OCH3 is 1. The lowest BCUT2D eigenvalue weighted by atomic mass is 10.0. The first kappa shape index (κ1) is 14.2. The molecule has 4 heteroatoms. The molecule has 1 heterocycles. The molecule has 0 aliphatic carbocycles. The molecule has 3 nitrogen and oxygen atoms in total. The number of aryl methyl sites for hydroxylation is 1. The lowest BCUT2D eigenvalue weighted by Gasteiger charge is -2.06. The highest BCUT2D eigenvalue weighted by molar-refractivity contribution is 5.91. The largest absolute Gasteiger partial charge is 0.465 e. The van der Waals surface area contributed by atoms with E-state index in [0.717, 1.165) is 11.1 Å². The average Bonchev–Trinajstić information content (AvgIpc) is 2.39. The summed E-state index contributed by atoms with van der Waals surface area (Å²) in [5.74, 6) is -0.354. The molecule has 18 heavy (non-hydrogen) atoms. The Morgan fingerprint density at radius 2 is 1.83 bits per heavy atom. The Morgan fingerprint density at radius 1 is 1.17 bits per heavy atom. The number of nitrogens with zero attached hydrogens (tertiary/aromatic N) is 1. The standard InChI is InChI=1S/C14H13NO2.ClH/c1-10-13(14(16)17-2)8-12(9-15-10)11-6-4-3-5-7-11;/h3-9H,1-2H3;1H. The first-order valence-electron chi connectivity index (χ1n) is 5.33. The summed E-state index contributed by atoms with van der Waals surface area (Å²) in [6.07, 6.45) is 1.76. The lowest BCUT2D eigenvalue weighted by molar-refractivity contribution is 0.0599. The van der Waals surface area contributed by atoms with Crippen LogP contribution in [0.1, 0.15) is 16.1 Å². The van der Waals surface area contributed by atoms with E-state index in [1.54, 1.807) is 13.1 Å². The van der Waals surface area contributed by atoms with Crippen LogP contribution in [0, 0.1) is 6.92 Å². The Kier molecular flexibility index (Phi) is 4.86. The van der Waals surface area contributed by atoms with E-state index in [1.165, 1.54) is 7.11 Å². The van der Waals surface area contributed by atoms with Crippen LogP contribution in [0.15, 0.2) is 42.6 Å². The molecule has 0 radical (unpaired) electrons. The second-order valence-electron chi connectivity index (χ2n) is 3.71. The molecule has 0 saturated carbocycles. The van der Waals surface area contributed by atoms with Gasteiger partial charge in [-0.15, -0.1) is 12.4 Å². The van der Waals surface area contributed by atoms with E-state index in [2.05, 4.69) is 4.98 Å². The molecule has 2 aromatic rings. The fraction of sp³-hybridized carbons (Fsp3) is 0.143. The van der Waals surface area contributed by atoms with Crippen LogP contribution >= 0.6 is 12.4 Å². The minimum Gasteiger partial charge on any atom is -0.465 e. The van der Waals surface area contributed by atoms with Crippen molar-refractivity contribution in [3.05, 3.63) is 53.9 Å². The summed E-state index contributed by atoms with van der Waals surface area (Å²) in [5, 5.41) is 0. The molecule has 0 unspecified atom stereocenters. The van der Waals surface area contributed by atoms with Gasteiger partial charge in [0.05, 0.1) is 18.4 Å². The minimum absolute atomic E-state index is 0. The van der Waals surface area contributed by atoms with Crippen molar-refractivity contribution in [1.82, 2.24) is 4.98 Å². The highest BCUT2D eigenvalue weighted by Gasteiger charge is 2.11. The fourth-order valence-corrected chi connectivity index (χ4v) is 1.64. The third-order valence-corrected chi connectivity index (χ3v) is 2.60. The number of rotatable bonds is 2. The molecular weight excluding hydrogens is 250 g/mol. The molecule has 0 bridgehead atoms. The Labute approximate surface area is 112 Å². The Balaban J connectivity index is 0.00000162. The summed E-state index contributed by atoms with van der Waals surface area (Å²) in [7, 11) is 1.37. The van der Waals surface area contributed by atoms with E-state index in [4.69, 9.17) is 4.74 Å². The van der Waals surface area contributed by atoms with E-state index < -0.39 is 0 Å². The summed E-state index contributed by atoms with van der Waals surface area (Å²) in [5.41, 5.74) is 3.13. The number of carbonyl (C=O) groups excluding carboxylic acids is 1. The maximum Gasteiger partial charge on any atom is 0.339 e. The molecule has 94 valence electrons. The zero-order chi connectivity index (χ0) is 12.3. The van der Waals surface area contributed by atoms with Gasteiger partial charge in [0.15, 0.2) is 0 Å². The predicted octanol–water partition coefficient (Wildman–Crippen LogP) is 3.27. The molecule has 2 rings (SSSR count). The van der Waals surface area contributed by atoms with Gasteiger partial charge in [-0.2, -0.15) is 0 Å². The van der Waals surface area contributed by atoms with Crippen LogP contribution < -0.4 is 0 Å². The van der Waals surface area contributed by atoms with Crippen LogP contribution in [0.5, 0.6) is 0 Å². The summed E-state index contributed by atoms with van der Waals surface area (Å²) in [6, 6.07) is 11.6. The highest BCUT2D eigenvalue weighted by Crippen LogP contribution is 2.20. The highest BCUT2D eigenvalue weighted by atomic mass is 35.5. The maximum absolute atomic E-state index is 11.6. The molecule has 0 saturated heterocycles. The quantitative estimate of drug-likeness (QED) is 0.781. The van der Waals surface area contributed by atoms with Crippen LogP contribution in [0.2, 0.25) is 0 Å². The van der Waals surface area contributed by atoms with Crippen molar-refractivity contribution >= 4 is 18.4 Å². The van der Waals surface area contributed by atoms with Crippen LogP contribution in [0.4, 0.5) is 0 Å². The van der Waals surface area contributed by atoms with Crippen molar-refractivity contribution < 1.29 is 9.53 Å². The molecule has 0 aliphatic rings. The van der Waals surface area contributed by atoms with Gasteiger partial charge in [-0.05, 0) is 18.6 Å². The van der Waals surface area contributed by atoms with Crippen molar-refractivity contribution in [2.75, 3.05) is 7.11 Å². The molecule has 0 aliphatic heterocycles. The zero-order valence-corrected chi connectivity index (χ0v) is 11.0. The summed E-state index contributed by atoms with van der Waals surface area (Å²) in [6.45, 7) is 1.79. The number of hydrogen-bond acceptors (Lipinski definition) is 3. The fourth-order valence-electron chi connectivity index (χ4n) is 1.64. The number of benzene rings is 1. The lowest BCUT2D eigenvalue weighted by Crippen LogP contribution is -2.05. The van der Waals surface area contributed by atoms with Crippen LogP contribution in [0.25, 0.3) is 11.1 Å². The van der Waals surface area contributed by atoms with Gasteiger partial charge in [-0.3, -0.25) is 4.98 Å². The second kappa shape index (κ2) is 6.17. The number of carbonyl (C=O) groups is 1. The first-order chi connectivity index (χ1) is 8.22. The molecule has 0 amide bonds. The SMILES string of the molecule is COC(=O)c1cc(-c2ccccc2)cnc1C.Cl. The van der Waals surface area contributed by atoms with Gasteiger partial charge in [-0.25, -0.2) is 4.79 Å². The normalized spacial score (nSPS) is 9.44. The molecule has 1 aromatic carbocycles. The van der Waals surface area contributed by atoms with Gasteiger partial charge in [0.2, 0.25) is 0 Å². The average molecular weight is 264 g/mol. The van der Waals surface area contributed by atoms with Gasteiger partial charge in [0.25, 0.3) is 0 Å². The van der Waals surface area contributed by atoms with Gasteiger partial charge in [-0.1, -0.05) is 30.3 Å². The molecule has 0 atom stereocenters. The molecule has 0 N–H and O–H groups in total. The molecule has 1 aromatic heterocycles. The Bertz CT molecular complexity index is 541. The Hall–Kier alpha value is -1.87. The smallest absolute Gasteiger partial charge is 0.339 e. The minimum atomic E-state index is -0.354. The Morgan fingerprint density at radius 3 is 2.44 bits per heavy atom. The van der Waals surface area contributed by atoms with Crippen molar-refractivity contribution in [3.8, 4) is 11.1 Å². The van der Waals surface area contributed by atoms with E-state index in [0.29, 0.717) is 11.3 Å². The summed E-state index contributed by atoms with van der Waals surface area (Å²) >= 11 is 0. The number of ether oxygens (including phenoxy) is 1. The van der Waals surface area contributed by atoms with Gasteiger partial charge in [0.1, 0.15) is 0 Å². The summed E-state index contributed by atoms with van der Waals surface area (Å²) in [4.78, 5) is 15.8. The third-order valence-electron chi connectivity index (χ3n) is 2.60. The number of esters is 1. The first-order valence-corrected chi connectivity index (χ1v) is 5.33. The van der Waals surface area contributed by atoms with Crippen molar-refractivity contribution in [2.24, 2.45) is 0 Å².